The second kappa shape index (κ2) is 5.74. The highest BCUT2D eigenvalue weighted by Crippen LogP contribution is 2.31. The Hall–Kier alpha value is -0.730. The molecule has 1 aromatic carbocycles. The zero-order chi connectivity index (χ0) is 12.3. The molecule has 0 saturated carbocycles. The number of rotatable bonds is 3. The minimum atomic E-state index is 0.583. The Bertz CT molecular complexity index is 378. The van der Waals surface area contributed by atoms with E-state index in [2.05, 4.69) is 24.0 Å². The topological polar surface area (TPSA) is 29.3 Å². The molecular weight excluding hydrogens is 232 g/mol. The van der Waals surface area contributed by atoms with Crippen LogP contribution in [0.2, 0.25) is 5.02 Å². The average Bonchev–Trinajstić information content (AvgIpc) is 2.38. The minimum absolute atomic E-state index is 0.583. The van der Waals surface area contributed by atoms with Gasteiger partial charge in [0.2, 0.25) is 0 Å². The summed E-state index contributed by atoms with van der Waals surface area (Å²) in [5.74, 6) is 0. The number of hydrogen-bond acceptors (Lipinski definition) is 2. The highest BCUT2D eigenvalue weighted by atomic mass is 35.5. The lowest BCUT2D eigenvalue weighted by Gasteiger charge is -2.38. The molecule has 17 heavy (non-hydrogen) atoms. The summed E-state index contributed by atoms with van der Waals surface area (Å²) in [5, 5.41) is 0.803. The van der Waals surface area contributed by atoms with Gasteiger partial charge in [-0.2, -0.15) is 0 Å². The van der Waals surface area contributed by atoms with Crippen LogP contribution in [-0.4, -0.2) is 12.6 Å². The summed E-state index contributed by atoms with van der Waals surface area (Å²) in [7, 11) is 0. The molecule has 1 atom stereocenters. The Morgan fingerprint density at radius 3 is 2.94 bits per heavy atom. The minimum Gasteiger partial charge on any atom is -0.368 e. The van der Waals surface area contributed by atoms with Gasteiger partial charge in [-0.25, -0.2) is 0 Å². The smallest absolute Gasteiger partial charge is 0.0429 e. The molecule has 0 radical (unpaired) electrons. The summed E-state index contributed by atoms with van der Waals surface area (Å²) in [6.45, 7) is 3.97. The normalized spacial score (nSPS) is 20.6. The lowest BCUT2D eigenvalue weighted by atomic mass is 9.98. The lowest BCUT2D eigenvalue weighted by Crippen LogP contribution is -2.39. The molecule has 1 aliphatic heterocycles. The summed E-state index contributed by atoms with van der Waals surface area (Å²) in [6, 6.07) is 6.70. The van der Waals surface area contributed by atoms with Crippen molar-refractivity contribution in [3.05, 3.63) is 28.8 Å². The molecule has 0 amide bonds. The van der Waals surface area contributed by atoms with Gasteiger partial charge in [0, 0.05) is 29.8 Å². The maximum atomic E-state index is 6.12. The van der Waals surface area contributed by atoms with Crippen LogP contribution < -0.4 is 10.6 Å². The van der Waals surface area contributed by atoms with Crippen molar-refractivity contribution in [1.29, 1.82) is 0 Å². The largest absolute Gasteiger partial charge is 0.368 e. The SMILES string of the molecule is CCC1CCCCN1c1cc(Cl)ccc1CN. The first kappa shape index (κ1) is 12.7. The maximum absolute atomic E-state index is 6.12. The van der Waals surface area contributed by atoms with Crippen molar-refractivity contribution in [2.45, 2.75) is 45.2 Å². The van der Waals surface area contributed by atoms with Gasteiger partial charge in [-0.05, 0) is 43.4 Å². The zero-order valence-corrected chi connectivity index (χ0v) is 11.2. The molecule has 1 aliphatic rings. The van der Waals surface area contributed by atoms with E-state index < -0.39 is 0 Å². The number of hydrogen-bond donors (Lipinski definition) is 1. The fourth-order valence-corrected chi connectivity index (χ4v) is 2.89. The van der Waals surface area contributed by atoms with E-state index in [9.17, 15) is 0 Å². The first-order chi connectivity index (χ1) is 8.26. The third kappa shape index (κ3) is 2.75. The van der Waals surface area contributed by atoms with Crippen LogP contribution >= 0.6 is 11.6 Å². The van der Waals surface area contributed by atoms with Crippen molar-refractivity contribution in [3.8, 4) is 0 Å². The van der Waals surface area contributed by atoms with Crippen LogP contribution in [0.3, 0.4) is 0 Å². The summed E-state index contributed by atoms with van der Waals surface area (Å²) in [4.78, 5) is 2.50. The van der Waals surface area contributed by atoms with E-state index >= 15 is 0 Å². The molecule has 1 unspecified atom stereocenters. The molecule has 2 nitrogen and oxygen atoms in total. The molecule has 0 bridgehead atoms. The van der Waals surface area contributed by atoms with Crippen LogP contribution in [0.4, 0.5) is 5.69 Å². The monoisotopic (exact) mass is 252 g/mol. The van der Waals surface area contributed by atoms with Crippen molar-refractivity contribution in [2.24, 2.45) is 5.73 Å². The molecule has 0 spiro atoms. The van der Waals surface area contributed by atoms with E-state index in [0.29, 0.717) is 12.6 Å². The van der Waals surface area contributed by atoms with Crippen LogP contribution in [0, 0.1) is 0 Å². The van der Waals surface area contributed by atoms with Crippen LogP contribution in [0.1, 0.15) is 38.2 Å². The van der Waals surface area contributed by atoms with Crippen molar-refractivity contribution in [3.63, 3.8) is 0 Å². The molecule has 2 rings (SSSR count). The van der Waals surface area contributed by atoms with Gasteiger partial charge >= 0.3 is 0 Å². The van der Waals surface area contributed by atoms with E-state index in [0.717, 1.165) is 11.6 Å². The van der Waals surface area contributed by atoms with Crippen LogP contribution in [0.15, 0.2) is 18.2 Å². The molecule has 1 saturated heterocycles. The fraction of sp³-hybridized carbons (Fsp3) is 0.571. The van der Waals surface area contributed by atoms with E-state index in [4.69, 9.17) is 17.3 Å². The molecule has 3 heteroatoms. The second-order valence-electron chi connectivity index (χ2n) is 4.73. The fourth-order valence-electron chi connectivity index (χ4n) is 2.72. The summed E-state index contributed by atoms with van der Waals surface area (Å²) in [5.41, 5.74) is 8.27. The summed E-state index contributed by atoms with van der Waals surface area (Å²) in [6.07, 6.45) is 5.09. The standard InChI is InChI=1S/C14H21ClN2/c1-2-13-5-3-4-8-17(13)14-9-12(15)7-6-11(14)10-16/h6-7,9,13H,2-5,8,10,16H2,1H3. The van der Waals surface area contributed by atoms with E-state index in [-0.39, 0.29) is 0 Å². The first-order valence-corrected chi connectivity index (χ1v) is 6.89. The Labute approximate surface area is 109 Å². The van der Waals surface area contributed by atoms with E-state index in [1.54, 1.807) is 0 Å². The van der Waals surface area contributed by atoms with Crippen molar-refractivity contribution in [2.75, 3.05) is 11.4 Å². The average molecular weight is 253 g/mol. The Morgan fingerprint density at radius 1 is 1.41 bits per heavy atom. The number of halogens is 1. The summed E-state index contributed by atoms with van der Waals surface area (Å²) >= 11 is 6.12. The van der Waals surface area contributed by atoms with Crippen LogP contribution in [-0.2, 0) is 6.54 Å². The maximum Gasteiger partial charge on any atom is 0.0429 e. The van der Waals surface area contributed by atoms with Gasteiger partial charge in [0.15, 0.2) is 0 Å². The highest BCUT2D eigenvalue weighted by Gasteiger charge is 2.22. The Morgan fingerprint density at radius 2 is 2.24 bits per heavy atom. The quantitative estimate of drug-likeness (QED) is 0.891. The molecule has 1 aromatic rings. The van der Waals surface area contributed by atoms with Gasteiger partial charge in [-0.15, -0.1) is 0 Å². The number of nitrogens with zero attached hydrogens (tertiary/aromatic N) is 1. The van der Waals surface area contributed by atoms with Gasteiger partial charge in [-0.3, -0.25) is 0 Å². The number of anilines is 1. The van der Waals surface area contributed by atoms with Crippen LogP contribution in [0.25, 0.3) is 0 Å². The molecule has 0 aliphatic carbocycles. The van der Waals surface area contributed by atoms with Crippen LogP contribution in [0.5, 0.6) is 0 Å². The predicted octanol–water partition coefficient (Wildman–Crippen LogP) is 3.57. The van der Waals surface area contributed by atoms with Gasteiger partial charge in [0.25, 0.3) is 0 Å². The van der Waals surface area contributed by atoms with Crippen molar-refractivity contribution in [1.82, 2.24) is 0 Å². The first-order valence-electron chi connectivity index (χ1n) is 6.51. The summed E-state index contributed by atoms with van der Waals surface area (Å²) < 4.78 is 0. The van der Waals surface area contributed by atoms with Crippen molar-refractivity contribution >= 4 is 17.3 Å². The molecule has 2 N–H and O–H groups in total. The molecule has 0 aromatic heterocycles. The van der Waals surface area contributed by atoms with E-state index in [1.165, 1.54) is 36.9 Å². The van der Waals surface area contributed by atoms with Gasteiger partial charge in [0.05, 0.1) is 0 Å². The number of nitrogens with two attached hydrogens (primary N) is 1. The zero-order valence-electron chi connectivity index (χ0n) is 10.5. The van der Waals surface area contributed by atoms with Gasteiger partial charge < -0.3 is 10.6 Å². The molecule has 1 heterocycles. The number of benzene rings is 1. The Balaban J connectivity index is 2.33. The lowest BCUT2D eigenvalue weighted by molar-refractivity contribution is 0.449. The third-order valence-corrected chi connectivity index (χ3v) is 3.91. The second-order valence-corrected chi connectivity index (χ2v) is 5.16. The van der Waals surface area contributed by atoms with Gasteiger partial charge in [0.1, 0.15) is 0 Å². The molecule has 94 valence electrons. The Kier molecular flexibility index (Phi) is 4.30. The highest BCUT2D eigenvalue weighted by molar-refractivity contribution is 6.30. The van der Waals surface area contributed by atoms with Gasteiger partial charge in [-0.1, -0.05) is 24.6 Å². The van der Waals surface area contributed by atoms with Crippen molar-refractivity contribution < 1.29 is 0 Å². The molecule has 1 fully saturated rings. The molecular formula is C14H21ClN2. The third-order valence-electron chi connectivity index (χ3n) is 3.68. The van der Waals surface area contributed by atoms with E-state index in [1.807, 2.05) is 6.07 Å². The predicted molar refractivity (Wildman–Crippen MR) is 74.6 cm³/mol. The number of piperidine rings is 1.